The van der Waals surface area contributed by atoms with E-state index in [0.29, 0.717) is 18.2 Å². The Morgan fingerprint density at radius 2 is 2.00 bits per heavy atom. The molecule has 1 fully saturated rings. The quantitative estimate of drug-likeness (QED) is 0.703. The summed E-state index contributed by atoms with van der Waals surface area (Å²) < 4.78 is 0. The van der Waals surface area contributed by atoms with Gasteiger partial charge in [0.15, 0.2) is 0 Å². The number of hydrogen-bond donors (Lipinski definition) is 3. The number of hydrogen-bond acceptors (Lipinski definition) is 3. The van der Waals surface area contributed by atoms with Crippen LogP contribution in [0.15, 0.2) is 24.3 Å². The van der Waals surface area contributed by atoms with Gasteiger partial charge in [-0.2, -0.15) is 0 Å². The monoisotopic (exact) mass is 262 g/mol. The Morgan fingerprint density at radius 3 is 2.53 bits per heavy atom. The lowest BCUT2D eigenvalue weighted by Crippen LogP contribution is -2.43. The van der Waals surface area contributed by atoms with Crippen molar-refractivity contribution in [1.29, 1.82) is 0 Å². The van der Waals surface area contributed by atoms with E-state index in [9.17, 15) is 9.90 Å². The number of rotatable bonds is 5. The zero-order chi connectivity index (χ0) is 14.0. The predicted octanol–water partition coefficient (Wildman–Crippen LogP) is 1.43. The van der Waals surface area contributed by atoms with Gasteiger partial charge in [0, 0.05) is 12.2 Å². The molecule has 4 nitrogen and oxygen atoms in total. The molecule has 0 heterocycles. The number of nitrogen functional groups attached to an aromatic ring is 1. The fourth-order valence-corrected chi connectivity index (χ4v) is 2.10. The van der Waals surface area contributed by atoms with E-state index >= 15 is 0 Å². The minimum absolute atomic E-state index is 0.0722. The Labute approximate surface area is 114 Å². The van der Waals surface area contributed by atoms with Crippen LogP contribution in [0, 0.1) is 5.92 Å². The van der Waals surface area contributed by atoms with Gasteiger partial charge in [0.2, 0.25) is 5.91 Å². The van der Waals surface area contributed by atoms with Crippen molar-refractivity contribution in [3.63, 3.8) is 0 Å². The third kappa shape index (κ3) is 3.26. The Balaban J connectivity index is 1.97. The average Bonchev–Trinajstić information content (AvgIpc) is 3.20. The number of benzene rings is 1. The first-order chi connectivity index (χ1) is 8.91. The largest absolute Gasteiger partial charge is 0.399 e. The van der Waals surface area contributed by atoms with E-state index in [0.717, 1.165) is 18.4 Å². The number of aliphatic hydroxyl groups excluding tert-OH is 1. The van der Waals surface area contributed by atoms with Crippen molar-refractivity contribution in [2.75, 3.05) is 12.3 Å². The van der Waals surface area contributed by atoms with Gasteiger partial charge in [-0.25, -0.2) is 0 Å². The molecule has 1 aliphatic rings. The third-order valence-electron chi connectivity index (χ3n) is 3.84. The first-order valence-corrected chi connectivity index (χ1v) is 6.73. The number of carbonyl (C=O) groups is 1. The molecule has 1 atom stereocenters. The van der Waals surface area contributed by atoms with Crippen LogP contribution in [-0.2, 0) is 10.2 Å². The molecule has 0 spiro atoms. The minimum Gasteiger partial charge on any atom is -0.399 e. The summed E-state index contributed by atoms with van der Waals surface area (Å²) >= 11 is 0. The molecule has 0 aliphatic heterocycles. The zero-order valence-electron chi connectivity index (χ0n) is 11.5. The van der Waals surface area contributed by atoms with E-state index in [4.69, 9.17) is 5.73 Å². The smallest absolute Gasteiger partial charge is 0.230 e. The number of nitrogens with two attached hydrogens (primary N) is 1. The molecule has 0 bridgehead atoms. The number of nitrogens with one attached hydrogen (secondary N) is 1. The van der Waals surface area contributed by atoms with E-state index in [2.05, 4.69) is 5.32 Å². The molecule has 1 aromatic carbocycles. The summed E-state index contributed by atoms with van der Waals surface area (Å²) in [6.45, 7) is 4.08. The molecule has 1 amide bonds. The molecule has 0 aromatic heterocycles. The van der Waals surface area contributed by atoms with Crippen molar-refractivity contribution in [3.05, 3.63) is 29.8 Å². The second-order valence-electron chi connectivity index (χ2n) is 5.86. The highest BCUT2D eigenvalue weighted by Gasteiger charge is 2.33. The van der Waals surface area contributed by atoms with Crippen molar-refractivity contribution in [1.82, 2.24) is 5.32 Å². The molecular formula is C15H22N2O2. The van der Waals surface area contributed by atoms with Gasteiger partial charge in [0.05, 0.1) is 11.5 Å². The van der Waals surface area contributed by atoms with Crippen molar-refractivity contribution in [2.45, 2.75) is 38.2 Å². The molecule has 104 valence electrons. The summed E-state index contributed by atoms with van der Waals surface area (Å²) in [5.74, 6) is 0.303. The highest BCUT2D eigenvalue weighted by molar-refractivity contribution is 5.87. The van der Waals surface area contributed by atoms with Gasteiger partial charge >= 0.3 is 0 Å². The summed E-state index contributed by atoms with van der Waals surface area (Å²) in [5, 5.41) is 12.6. The van der Waals surface area contributed by atoms with Crippen molar-refractivity contribution in [3.8, 4) is 0 Å². The summed E-state index contributed by atoms with van der Waals surface area (Å²) in [6, 6.07) is 7.32. The Bertz CT molecular complexity index is 450. The molecule has 0 saturated heterocycles. The fourth-order valence-electron chi connectivity index (χ4n) is 2.10. The summed E-state index contributed by atoms with van der Waals surface area (Å²) in [5.41, 5.74) is 6.62. The van der Waals surface area contributed by atoms with Gasteiger partial charge in [-0.3, -0.25) is 4.79 Å². The van der Waals surface area contributed by atoms with E-state index in [1.807, 2.05) is 26.0 Å². The molecule has 4 heteroatoms. The Morgan fingerprint density at radius 1 is 1.42 bits per heavy atom. The van der Waals surface area contributed by atoms with E-state index in [1.54, 1.807) is 12.1 Å². The predicted molar refractivity (Wildman–Crippen MR) is 75.6 cm³/mol. The van der Waals surface area contributed by atoms with Gasteiger partial charge in [0.25, 0.3) is 0 Å². The first-order valence-electron chi connectivity index (χ1n) is 6.73. The molecule has 1 aliphatic carbocycles. The second-order valence-corrected chi connectivity index (χ2v) is 5.86. The van der Waals surface area contributed by atoms with Crippen LogP contribution in [-0.4, -0.2) is 23.7 Å². The summed E-state index contributed by atoms with van der Waals surface area (Å²) in [4.78, 5) is 12.2. The molecule has 2 rings (SSSR count). The van der Waals surface area contributed by atoms with Crippen LogP contribution in [0.4, 0.5) is 5.69 Å². The first kappa shape index (κ1) is 13.9. The standard InChI is InChI=1S/C15H22N2O2/c1-15(2,11-5-7-12(16)8-6-11)14(19)17-9-13(18)10-3-4-10/h5-8,10,13,18H,3-4,9,16H2,1-2H3,(H,17,19). The molecule has 1 unspecified atom stereocenters. The van der Waals surface area contributed by atoms with Crippen LogP contribution < -0.4 is 11.1 Å². The van der Waals surface area contributed by atoms with Crippen LogP contribution in [0.2, 0.25) is 0 Å². The van der Waals surface area contributed by atoms with Gasteiger partial charge in [-0.1, -0.05) is 12.1 Å². The maximum absolute atomic E-state index is 12.2. The second kappa shape index (κ2) is 5.21. The van der Waals surface area contributed by atoms with Gasteiger partial charge in [-0.05, 0) is 50.3 Å². The van der Waals surface area contributed by atoms with Gasteiger partial charge in [-0.15, -0.1) is 0 Å². The van der Waals surface area contributed by atoms with Crippen LogP contribution in [0.1, 0.15) is 32.3 Å². The van der Waals surface area contributed by atoms with Gasteiger partial charge in [0.1, 0.15) is 0 Å². The van der Waals surface area contributed by atoms with E-state index < -0.39 is 11.5 Å². The maximum atomic E-state index is 12.2. The molecule has 4 N–H and O–H groups in total. The van der Waals surface area contributed by atoms with Crippen LogP contribution in [0.25, 0.3) is 0 Å². The average molecular weight is 262 g/mol. The Kier molecular flexibility index (Phi) is 3.80. The summed E-state index contributed by atoms with van der Waals surface area (Å²) in [7, 11) is 0. The van der Waals surface area contributed by atoms with Crippen molar-refractivity contribution in [2.24, 2.45) is 5.92 Å². The van der Waals surface area contributed by atoms with E-state index in [1.165, 1.54) is 0 Å². The van der Waals surface area contributed by atoms with E-state index in [-0.39, 0.29) is 5.91 Å². The number of anilines is 1. The fraction of sp³-hybridized carbons (Fsp3) is 0.533. The highest BCUT2D eigenvalue weighted by atomic mass is 16.3. The minimum atomic E-state index is -0.628. The number of amides is 1. The molecule has 0 radical (unpaired) electrons. The lowest BCUT2D eigenvalue weighted by molar-refractivity contribution is -0.126. The van der Waals surface area contributed by atoms with Crippen molar-refractivity contribution >= 4 is 11.6 Å². The normalized spacial score (nSPS) is 17.0. The molecule has 1 saturated carbocycles. The molecule has 1 aromatic rings. The van der Waals surface area contributed by atoms with Crippen molar-refractivity contribution < 1.29 is 9.90 Å². The van der Waals surface area contributed by atoms with Crippen LogP contribution in [0.5, 0.6) is 0 Å². The maximum Gasteiger partial charge on any atom is 0.230 e. The lowest BCUT2D eigenvalue weighted by Gasteiger charge is -2.25. The van der Waals surface area contributed by atoms with Crippen LogP contribution in [0.3, 0.4) is 0 Å². The highest BCUT2D eigenvalue weighted by Crippen LogP contribution is 2.32. The van der Waals surface area contributed by atoms with Gasteiger partial charge < -0.3 is 16.2 Å². The molecule has 19 heavy (non-hydrogen) atoms. The lowest BCUT2D eigenvalue weighted by atomic mass is 9.83. The Hall–Kier alpha value is -1.55. The van der Waals surface area contributed by atoms with Crippen LogP contribution >= 0.6 is 0 Å². The number of carbonyl (C=O) groups excluding carboxylic acids is 1. The third-order valence-corrected chi connectivity index (χ3v) is 3.84. The topological polar surface area (TPSA) is 75.3 Å². The summed E-state index contributed by atoms with van der Waals surface area (Å²) in [6.07, 6.45) is 1.72. The number of aliphatic hydroxyl groups is 1. The molecular weight excluding hydrogens is 240 g/mol. The SMILES string of the molecule is CC(C)(C(=O)NCC(O)C1CC1)c1ccc(N)cc1. The zero-order valence-corrected chi connectivity index (χ0v) is 11.5.